The predicted molar refractivity (Wildman–Crippen MR) is 91.7 cm³/mol. The van der Waals surface area contributed by atoms with E-state index >= 15 is 0 Å². The minimum Gasteiger partial charge on any atom is -0.462 e. The van der Waals surface area contributed by atoms with E-state index in [2.05, 4.69) is 33.5 Å². The number of ether oxygens (including phenoxy) is 1. The number of urea groups is 1. The number of esters is 1. The zero-order valence-corrected chi connectivity index (χ0v) is 14.9. The second-order valence-electron chi connectivity index (χ2n) is 5.47. The van der Waals surface area contributed by atoms with E-state index in [-0.39, 0.29) is 6.03 Å². The molecule has 1 unspecified atom stereocenters. The molecule has 124 valence electrons. The van der Waals surface area contributed by atoms with Crippen molar-refractivity contribution >= 4 is 27.9 Å². The second-order valence-corrected chi connectivity index (χ2v) is 6.38. The summed E-state index contributed by atoms with van der Waals surface area (Å²) in [6.07, 6.45) is 2.93. The zero-order valence-electron chi connectivity index (χ0n) is 13.3. The molecular weight excluding hydrogens is 360 g/mol. The molecule has 1 atom stereocenters. The number of unbranched alkanes of at least 4 members (excludes halogenated alkanes) is 2. The van der Waals surface area contributed by atoms with Crippen LogP contribution in [-0.2, 0) is 9.53 Å². The van der Waals surface area contributed by atoms with Crippen LogP contribution in [0.15, 0.2) is 40.0 Å². The molecule has 2 rings (SSSR count). The number of amides is 2. The van der Waals surface area contributed by atoms with Crippen LogP contribution in [0.5, 0.6) is 0 Å². The lowest BCUT2D eigenvalue weighted by Crippen LogP contribution is -2.45. The third-order valence-corrected chi connectivity index (χ3v) is 4.15. The molecule has 0 radical (unpaired) electrons. The van der Waals surface area contributed by atoms with Gasteiger partial charge >= 0.3 is 12.0 Å². The molecule has 1 aromatic carbocycles. The molecule has 0 saturated heterocycles. The Hall–Kier alpha value is -1.82. The number of halogens is 1. The Morgan fingerprint density at radius 3 is 2.83 bits per heavy atom. The molecular formula is C17H21BrN2O3. The number of carbonyl (C=O) groups excluding carboxylic acids is 2. The highest BCUT2D eigenvalue weighted by Gasteiger charge is 2.32. The van der Waals surface area contributed by atoms with E-state index in [4.69, 9.17) is 4.74 Å². The van der Waals surface area contributed by atoms with Gasteiger partial charge in [0.05, 0.1) is 18.2 Å². The van der Waals surface area contributed by atoms with E-state index in [0.29, 0.717) is 17.9 Å². The first-order valence-electron chi connectivity index (χ1n) is 7.73. The smallest absolute Gasteiger partial charge is 0.338 e. The van der Waals surface area contributed by atoms with Crippen LogP contribution in [0.1, 0.15) is 44.7 Å². The first-order chi connectivity index (χ1) is 11.0. The van der Waals surface area contributed by atoms with Crippen molar-refractivity contribution in [1.82, 2.24) is 10.6 Å². The van der Waals surface area contributed by atoms with Crippen molar-refractivity contribution in [2.45, 2.75) is 39.2 Å². The number of hydrogen-bond donors (Lipinski definition) is 2. The van der Waals surface area contributed by atoms with Gasteiger partial charge in [0, 0.05) is 10.2 Å². The van der Waals surface area contributed by atoms with Crippen LogP contribution in [0.4, 0.5) is 4.79 Å². The molecule has 23 heavy (non-hydrogen) atoms. The van der Waals surface area contributed by atoms with E-state index in [1.165, 1.54) is 0 Å². The molecule has 0 aromatic heterocycles. The lowest BCUT2D eigenvalue weighted by atomic mass is 9.96. The van der Waals surface area contributed by atoms with Gasteiger partial charge in [0.15, 0.2) is 0 Å². The van der Waals surface area contributed by atoms with Crippen LogP contribution in [0.3, 0.4) is 0 Å². The third kappa shape index (κ3) is 4.58. The summed E-state index contributed by atoms with van der Waals surface area (Å²) < 4.78 is 6.26. The number of hydrogen-bond acceptors (Lipinski definition) is 3. The minimum absolute atomic E-state index is 0.324. The summed E-state index contributed by atoms with van der Waals surface area (Å²) in [6, 6.07) is 6.68. The molecule has 0 bridgehead atoms. The van der Waals surface area contributed by atoms with Crippen LogP contribution in [0.25, 0.3) is 0 Å². The van der Waals surface area contributed by atoms with Gasteiger partial charge < -0.3 is 15.4 Å². The number of nitrogens with one attached hydrogen (secondary N) is 2. The van der Waals surface area contributed by atoms with Crippen molar-refractivity contribution in [1.29, 1.82) is 0 Å². The van der Waals surface area contributed by atoms with Crippen molar-refractivity contribution in [3.8, 4) is 0 Å². The van der Waals surface area contributed by atoms with E-state index in [9.17, 15) is 9.59 Å². The standard InChI is InChI=1S/C17H21BrN2O3/c1-3-4-5-9-23-16(21)14-11(2)19-17(22)20-15(14)12-7-6-8-13(18)10-12/h6-8,10,15H,3-5,9H2,1-2H3,(H2,19,20,22). The number of allylic oxidation sites excluding steroid dienone is 1. The maximum absolute atomic E-state index is 12.5. The van der Waals surface area contributed by atoms with Gasteiger partial charge in [0.2, 0.25) is 0 Å². The lowest BCUT2D eigenvalue weighted by Gasteiger charge is -2.28. The quantitative estimate of drug-likeness (QED) is 0.582. The number of rotatable bonds is 6. The molecule has 1 aliphatic heterocycles. The Morgan fingerprint density at radius 1 is 1.35 bits per heavy atom. The van der Waals surface area contributed by atoms with Gasteiger partial charge in [-0.2, -0.15) is 0 Å². The van der Waals surface area contributed by atoms with Crippen molar-refractivity contribution in [3.63, 3.8) is 0 Å². The largest absolute Gasteiger partial charge is 0.462 e. The van der Waals surface area contributed by atoms with Gasteiger partial charge in [-0.3, -0.25) is 0 Å². The summed E-state index contributed by atoms with van der Waals surface area (Å²) >= 11 is 3.41. The Kier molecular flexibility index (Phi) is 6.21. The van der Waals surface area contributed by atoms with Crippen molar-refractivity contribution in [3.05, 3.63) is 45.6 Å². The van der Waals surface area contributed by atoms with Gasteiger partial charge in [-0.05, 0) is 31.0 Å². The highest BCUT2D eigenvalue weighted by atomic mass is 79.9. The van der Waals surface area contributed by atoms with Crippen molar-refractivity contribution in [2.75, 3.05) is 6.61 Å². The summed E-state index contributed by atoms with van der Waals surface area (Å²) in [4.78, 5) is 24.3. The fourth-order valence-corrected chi connectivity index (χ4v) is 2.91. The van der Waals surface area contributed by atoms with E-state index in [0.717, 1.165) is 29.3 Å². The highest BCUT2D eigenvalue weighted by Crippen LogP contribution is 2.29. The topological polar surface area (TPSA) is 67.4 Å². The normalized spacial score (nSPS) is 17.5. The fourth-order valence-electron chi connectivity index (χ4n) is 2.50. The van der Waals surface area contributed by atoms with Gasteiger partial charge in [0.25, 0.3) is 0 Å². The predicted octanol–water partition coefficient (Wildman–Crippen LogP) is 3.81. The fraction of sp³-hybridized carbons (Fsp3) is 0.412. The molecule has 2 amide bonds. The molecule has 1 aliphatic rings. The van der Waals surface area contributed by atoms with Gasteiger partial charge in [-0.1, -0.05) is 47.8 Å². The highest BCUT2D eigenvalue weighted by molar-refractivity contribution is 9.10. The first-order valence-corrected chi connectivity index (χ1v) is 8.53. The Labute approximate surface area is 144 Å². The van der Waals surface area contributed by atoms with Gasteiger partial charge in [0.1, 0.15) is 0 Å². The van der Waals surface area contributed by atoms with Crippen LogP contribution < -0.4 is 10.6 Å². The maximum atomic E-state index is 12.5. The second kappa shape index (κ2) is 8.15. The number of carbonyl (C=O) groups is 2. The molecule has 0 aliphatic carbocycles. The molecule has 1 aromatic rings. The minimum atomic E-state index is -0.514. The van der Waals surface area contributed by atoms with Crippen LogP contribution in [0.2, 0.25) is 0 Å². The molecule has 6 heteroatoms. The van der Waals surface area contributed by atoms with Crippen molar-refractivity contribution < 1.29 is 14.3 Å². The average molecular weight is 381 g/mol. The van der Waals surface area contributed by atoms with E-state index < -0.39 is 12.0 Å². The summed E-state index contributed by atoms with van der Waals surface area (Å²) in [5.41, 5.74) is 1.80. The molecule has 0 fully saturated rings. The summed E-state index contributed by atoms with van der Waals surface area (Å²) in [5.74, 6) is -0.393. The molecule has 5 nitrogen and oxygen atoms in total. The van der Waals surface area contributed by atoms with E-state index in [1.807, 2.05) is 24.3 Å². The number of benzene rings is 1. The Bertz CT molecular complexity index is 628. The SMILES string of the molecule is CCCCCOC(=O)C1=C(C)NC(=O)NC1c1cccc(Br)c1. The monoisotopic (exact) mass is 380 g/mol. The lowest BCUT2D eigenvalue weighted by molar-refractivity contribution is -0.139. The third-order valence-electron chi connectivity index (χ3n) is 3.65. The Morgan fingerprint density at radius 2 is 2.13 bits per heavy atom. The first kappa shape index (κ1) is 17.5. The summed E-state index contributed by atoms with van der Waals surface area (Å²) in [5, 5.41) is 5.44. The molecule has 1 heterocycles. The zero-order chi connectivity index (χ0) is 16.8. The molecule has 0 saturated carbocycles. The Balaban J connectivity index is 2.22. The maximum Gasteiger partial charge on any atom is 0.338 e. The average Bonchev–Trinajstić information content (AvgIpc) is 2.50. The van der Waals surface area contributed by atoms with E-state index in [1.54, 1.807) is 6.92 Å². The van der Waals surface area contributed by atoms with Gasteiger partial charge in [-0.25, -0.2) is 9.59 Å². The van der Waals surface area contributed by atoms with Crippen LogP contribution in [0, 0.1) is 0 Å². The molecule has 2 N–H and O–H groups in total. The molecule has 0 spiro atoms. The van der Waals surface area contributed by atoms with Crippen molar-refractivity contribution in [2.24, 2.45) is 0 Å². The van der Waals surface area contributed by atoms with Crippen LogP contribution >= 0.6 is 15.9 Å². The summed E-state index contributed by atoms with van der Waals surface area (Å²) in [6.45, 7) is 4.20. The van der Waals surface area contributed by atoms with Crippen LogP contribution in [-0.4, -0.2) is 18.6 Å². The van der Waals surface area contributed by atoms with Gasteiger partial charge in [-0.15, -0.1) is 0 Å². The summed E-state index contributed by atoms with van der Waals surface area (Å²) in [7, 11) is 0.